The van der Waals surface area contributed by atoms with Crippen LogP contribution in [0.1, 0.15) is 23.1 Å². The van der Waals surface area contributed by atoms with Crippen molar-refractivity contribution in [1.29, 1.82) is 0 Å². The molecule has 132 valence electrons. The van der Waals surface area contributed by atoms with E-state index in [1.165, 1.54) is 0 Å². The van der Waals surface area contributed by atoms with Crippen molar-refractivity contribution in [3.63, 3.8) is 0 Å². The van der Waals surface area contributed by atoms with Crippen LogP contribution in [-0.2, 0) is 13.1 Å². The van der Waals surface area contributed by atoms with E-state index in [0.29, 0.717) is 37.6 Å². The molecule has 0 atom stereocenters. The van der Waals surface area contributed by atoms with Gasteiger partial charge in [-0.2, -0.15) is 0 Å². The number of aromatic nitrogens is 3. The molecule has 0 unspecified atom stereocenters. The lowest BCUT2D eigenvalue weighted by atomic mass is 10.1. The molecule has 26 heavy (non-hydrogen) atoms. The Bertz CT molecular complexity index is 921. The Morgan fingerprint density at radius 1 is 1.04 bits per heavy atom. The van der Waals surface area contributed by atoms with Gasteiger partial charge in [-0.25, -0.2) is 0 Å². The number of benzene rings is 2. The molecular weight excluding hydrogens is 328 g/mol. The van der Waals surface area contributed by atoms with Gasteiger partial charge in [-0.05, 0) is 19.1 Å². The zero-order valence-electron chi connectivity index (χ0n) is 14.6. The molecule has 0 bridgehead atoms. The molecule has 4 rings (SSSR count). The van der Waals surface area contributed by atoms with Gasteiger partial charge in [0, 0.05) is 18.7 Å². The third-order valence-electron chi connectivity index (χ3n) is 4.49. The molecule has 0 spiro atoms. The monoisotopic (exact) mass is 348 g/mol. The molecule has 2 aromatic carbocycles. The van der Waals surface area contributed by atoms with E-state index in [1.54, 1.807) is 4.90 Å². The van der Waals surface area contributed by atoms with E-state index in [-0.39, 0.29) is 5.91 Å². The van der Waals surface area contributed by atoms with Crippen molar-refractivity contribution in [1.82, 2.24) is 19.7 Å². The standard InChI is InChI=1S/C20H20N4O2/c1-2-26-17-11-7-6-10-16(17)20(25)23-12-13-24-18(14-23)21-22-19(24)15-8-4-3-5-9-15/h3-11H,2,12-14H2,1H3. The highest BCUT2D eigenvalue weighted by Crippen LogP contribution is 2.25. The van der Waals surface area contributed by atoms with E-state index < -0.39 is 0 Å². The van der Waals surface area contributed by atoms with Gasteiger partial charge in [0.2, 0.25) is 0 Å². The summed E-state index contributed by atoms with van der Waals surface area (Å²) in [6.45, 7) is 4.17. The van der Waals surface area contributed by atoms with Crippen LogP contribution >= 0.6 is 0 Å². The average Bonchev–Trinajstić information content (AvgIpc) is 3.12. The Morgan fingerprint density at radius 2 is 1.81 bits per heavy atom. The van der Waals surface area contributed by atoms with Crippen molar-refractivity contribution < 1.29 is 9.53 Å². The molecule has 0 N–H and O–H groups in total. The van der Waals surface area contributed by atoms with E-state index in [2.05, 4.69) is 14.8 Å². The van der Waals surface area contributed by atoms with Crippen LogP contribution in [0.4, 0.5) is 0 Å². The lowest BCUT2D eigenvalue weighted by Crippen LogP contribution is -2.38. The maximum absolute atomic E-state index is 13.0. The quantitative estimate of drug-likeness (QED) is 0.727. The molecule has 1 aliphatic heterocycles. The fourth-order valence-corrected chi connectivity index (χ4v) is 3.23. The predicted octanol–water partition coefficient (Wildman–Crippen LogP) is 3.00. The zero-order chi connectivity index (χ0) is 17.9. The van der Waals surface area contributed by atoms with E-state index >= 15 is 0 Å². The SMILES string of the molecule is CCOc1ccccc1C(=O)N1CCn2c(nnc2-c2ccccc2)C1. The van der Waals surface area contributed by atoms with Crippen LogP contribution in [0, 0.1) is 0 Å². The van der Waals surface area contributed by atoms with E-state index in [9.17, 15) is 4.79 Å². The third kappa shape index (κ3) is 2.94. The van der Waals surface area contributed by atoms with Crippen molar-refractivity contribution in [3.8, 4) is 17.1 Å². The Kier molecular flexibility index (Phi) is 4.39. The number of rotatable bonds is 4. The maximum atomic E-state index is 13.0. The molecule has 2 heterocycles. The summed E-state index contributed by atoms with van der Waals surface area (Å²) in [5.74, 6) is 2.24. The molecule has 0 radical (unpaired) electrons. The van der Waals surface area contributed by atoms with E-state index in [0.717, 1.165) is 17.2 Å². The van der Waals surface area contributed by atoms with Crippen LogP contribution in [0.15, 0.2) is 54.6 Å². The summed E-state index contributed by atoms with van der Waals surface area (Å²) in [6, 6.07) is 17.4. The smallest absolute Gasteiger partial charge is 0.258 e. The summed E-state index contributed by atoms with van der Waals surface area (Å²) >= 11 is 0. The molecule has 0 saturated carbocycles. The summed E-state index contributed by atoms with van der Waals surface area (Å²) in [7, 11) is 0. The molecule has 1 amide bonds. The van der Waals surface area contributed by atoms with E-state index in [1.807, 2.05) is 61.5 Å². The number of fused-ring (bicyclic) bond motifs is 1. The maximum Gasteiger partial charge on any atom is 0.258 e. The van der Waals surface area contributed by atoms with Crippen molar-refractivity contribution in [2.24, 2.45) is 0 Å². The molecule has 0 fully saturated rings. The van der Waals surface area contributed by atoms with Crippen molar-refractivity contribution >= 4 is 5.91 Å². The van der Waals surface area contributed by atoms with Gasteiger partial charge < -0.3 is 14.2 Å². The largest absolute Gasteiger partial charge is 0.493 e. The molecule has 0 saturated heterocycles. The van der Waals surface area contributed by atoms with Gasteiger partial charge in [-0.3, -0.25) is 4.79 Å². The number of amides is 1. The number of carbonyl (C=O) groups is 1. The molecule has 1 aliphatic rings. The second-order valence-electron chi connectivity index (χ2n) is 6.11. The van der Waals surface area contributed by atoms with Gasteiger partial charge in [0.15, 0.2) is 11.6 Å². The van der Waals surface area contributed by atoms with Gasteiger partial charge in [-0.15, -0.1) is 10.2 Å². The number of nitrogens with zero attached hydrogens (tertiary/aromatic N) is 4. The summed E-state index contributed by atoms with van der Waals surface area (Å²) in [5, 5.41) is 8.64. The minimum absolute atomic E-state index is 0.0374. The minimum atomic E-state index is -0.0374. The normalized spacial score (nSPS) is 13.3. The Labute approximate surface area is 152 Å². The second kappa shape index (κ2) is 7.00. The van der Waals surface area contributed by atoms with Crippen LogP contribution in [0.25, 0.3) is 11.4 Å². The fourth-order valence-electron chi connectivity index (χ4n) is 3.23. The number of carbonyl (C=O) groups excluding carboxylic acids is 1. The lowest BCUT2D eigenvalue weighted by molar-refractivity contribution is 0.0704. The van der Waals surface area contributed by atoms with Gasteiger partial charge >= 0.3 is 0 Å². The Morgan fingerprint density at radius 3 is 2.62 bits per heavy atom. The summed E-state index contributed by atoms with van der Waals surface area (Å²) in [5.41, 5.74) is 1.62. The molecule has 3 aromatic rings. The van der Waals surface area contributed by atoms with Gasteiger partial charge in [-0.1, -0.05) is 42.5 Å². The highest BCUT2D eigenvalue weighted by Gasteiger charge is 2.27. The lowest BCUT2D eigenvalue weighted by Gasteiger charge is -2.28. The predicted molar refractivity (Wildman–Crippen MR) is 97.8 cm³/mol. The van der Waals surface area contributed by atoms with Crippen LogP contribution < -0.4 is 4.74 Å². The molecule has 6 nitrogen and oxygen atoms in total. The zero-order valence-corrected chi connectivity index (χ0v) is 14.6. The summed E-state index contributed by atoms with van der Waals surface area (Å²) < 4.78 is 7.69. The first kappa shape index (κ1) is 16.3. The second-order valence-corrected chi connectivity index (χ2v) is 6.11. The fraction of sp³-hybridized carbons (Fsp3) is 0.250. The van der Waals surface area contributed by atoms with E-state index in [4.69, 9.17) is 4.74 Å². The van der Waals surface area contributed by atoms with Gasteiger partial charge in [0.1, 0.15) is 5.75 Å². The number of para-hydroxylation sites is 1. The highest BCUT2D eigenvalue weighted by atomic mass is 16.5. The first-order chi connectivity index (χ1) is 12.8. The first-order valence-corrected chi connectivity index (χ1v) is 8.76. The van der Waals surface area contributed by atoms with Crippen molar-refractivity contribution in [2.45, 2.75) is 20.0 Å². The summed E-state index contributed by atoms with van der Waals surface area (Å²) in [4.78, 5) is 14.8. The van der Waals surface area contributed by atoms with Gasteiger partial charge in [0.05, 0.1) is 18.7 Å². The molecule has 6 heteroatoms. The number of hydrogen-bond acceptors (Lipinski definition) is 4. The van der Waals surface area contributed by atoms with Crippen LogP contribution in [0.3, 0.4) is 0 Å². The van der Waals surface area contributed by atoms with Crippen LogP contribution in [0.5, 0.6) is 5.75 Å². The number of ether oxygens (including phenoxy) is 1. The first-order valence-electron chi connectivity index (χ1n) is 8.76. The topological polar surface area (TPSA) is 60.2 Å². The van der Waals surface area contributed by atoms with Gasteiger partial charge in [0.25, 0.3) is 5.91 Å². The molecule has 0 aliphatic carbocycles. The third-order valence-corrected chi connectivity index (χ3v) is 4.49. The van der Waals surface area contributed by atoms with Crippen molar-refractivity contribution in [2.75, 3.05) is 13.2 Å². The Balaban J connectivity index is 1.58. The molecular formula is C20H20N4O2. The minimum Gasteiger partial charge on any atom is -0.493 e. The average molecular weight is 348 g/mol. The van der Waals surface area contributed by atoms with Crippen LogP contribution in [0.2, 0.25) is 0 Å². The molecule has 1 aromatic heterocycles. The highest BCUT2D eigenvalue weighted by molar-refractivity contribution is 5.97. The van der Waals surface area contributed by atoms with Crippen molar-refractivity contribution in [3.05, 3.63) is 66.0 Å². The summed E-state index contributed by atoms with van der Waals surface area (Å²) in [6.07, 6.45) is 0. The Hall–Kier alpha value is -3.15. The number of hydrogen-bond donors (Lipinski definition) is 0. The van der Waals surface area contributed by atoms with Crippen LogP contribution in [-0.4, -0.2) is 38.7 Å².